The maximum absolute atomic E-state index is 12.4. The monoisotopic (exact) mass is 341 g/mol. The molecule has 2 amide bonds. The molecule has 0 bridgehead atoms. The van der Waals surface area contributed by atoms with Crippen LogP contribution in [0.4, 0.5) is 4.79 Å². The molecule has 132 valence electrons. The summed E-state index contributed by atoms with van der Waals surface area (Å²) in [5.41, 5.74) is 2.02. The summed E-state index contributed by atoms with van der Waals surface area (Å²) >= 11 is 0. The molecule has 1 aromatic carbocycles. The van der Waals surface area contributed by atoms with E-state index in [0.717, 1.165) is 35.6 Å². The number of fused-ring (bicyclic) bond motifs is 1. The summed E-state index contributed by atoms with van der Waals surface area (Å²) in [5.74, 6) is 1.51. The van der Waals surface area contributed by atoms with Crippen molar-refractivity contribution in [2.24, 2.45) is 0 Å². The van der Waals surface area contributed by atoms with E-state index in [4.69, 9.17) is 9.47 Å². The lowest BCUT2D eigenvalue weighted by Crippen LogP contribution is -2.48. The van der Waals surface area contributed by atoms with Gasteiger partial charge in [-0.3, -0.25) is 4.98 Å². The van der Waals surface area contributed by atoms with Crippen LogP contribution in [0.5, 0.6) is 11.5 Å². The van der Waals surface area contributed by atoms with Crippen LogP contribution in [0.1, 0.15) is 11.3 Å². The maximum atomic E-state index is 12.4. The number of para-hydroxylation sites is 1. The quantitative estimate of drug-likeness (QED) is 0.906. The van der Waals surface area contributed by atoms with Crippen LogP contribution in [0.3, 0.4) is 0 Å². The van der Waals surface area contributed by atoms with Crippen LogP contribution >= 0.6 is 0 Å². The van der Waals surface area contributed by atoms with E-state index >= 15 is 0 Å². The minimum atomic E-state index is -0.101. The second-order valence-electron chi connectivity index (χ2n) is 6.10. The predicted octanol–water partition coefficient (Wildman–Crippen LogP) is 2.28. The zero-order chi connectivity index (χ0) is 17.6. The highest BCUT2D eigenvalue weighted by molar-refractivity contribution is 5.74. The van der Waals surface area contributed by atoms with Gasteiger partial charge in [0.25, 0.3) is 0 Å². The van der Waals surface area contributed by atoms with Gasteiger partial charge >= 0.3 is 6.03 Å². The van der Waals surface area contributed by atoms with Crippen LogP contribution in [0, 0.1) is 0 Å². The molecule has 2 aromatic rings. The van der Waals surface area contributed by atoms with Gasteiger partial charge in [0, 0.05) is 37.5 Å². The minimum Gasteiger partial charge on any atom is -0.493 e. The van der Waals surface area contributed by atoms with Crippen molar-refractivity contribution in [2.45, 2.75) is 18.9 Å². The van der Waals surface area contributed by atoms with Crippen LogP contribution in [0.15, 0.2) is 42.6 Å². The van der Waals surface area contributed by atoms with Gasteiger partial charge in [-0.05, 0) is 24.6 Å². The molecule has 1 unspecified atom stereocenters. The van der Waals surface area contributed by atoms with Crippen molar-refractivity contribution in [3.8, 4) is 11.5 Å². The Hall–Kier alpha value is -2.76. The van der Waals surface area contributed by atoms with Crippen molar-refractivity contribution in [3.05, 3.63) is 53.9 Å². The number of methoxy groups -OCH3 is 1. The third kappa shape index (κ3) is 4.21. The van der Waals surface area contributed by atoms with Crippen molar-refractivity contribution in [1.82, 2.24) is 15.2 Å². The van der Waals surface area contributed by atoms with E-state index in [-0.39, 0.29) is 12.1 Å². The van der Waals surface area contributed by atoms with Gasteiger partial charge < -0.3 is 19.7 Å². The van der Waals surface area contributed by atoms with Gasteiger partial charge in [0.15, 0.2) is 11.5 Å². The van der Waals surface area contributed by atoms with Gasteiger partial charge in [-0.1, -0.05) is 18.2 Å². The Morgan fingerprint density at radius 3 is 3.00 bits per heavy atom. The second-order valence-corrected chi connectivity index (χ2v) is 6.10. The van der Waals surface area contributed by atoms with Gasteiger partial charge in [0.2, 0.25) is 0 Å². The number of urea groups is 1. The molecule has 0 fully saturated rings. The number of hydrogen-bond acceptors (Lipinski definition) is 4. The lowest BCUT2D eigenvalue weighted by molar-refractivity contribution is 0.187. The largest absolute Gasteiger partial charge is 0.493 e. The average Bonchev–Trinajstić information content (AvgIpc) is 2.66. The average molecular weight is 341 g/mol. The molecule has 0 radical (unpaired) electrons. The van der Waals surface area contributed by atoms with Gasteiger partial charge in [0.05, 0.1) is 13.2 Å². The number of nitrogens with zero attached hydrogens (tertiary/aromatic N) is 2. The number of ether oxygens (including phenoxy) is 2. The molecule has 6 nitrogen and oxygen atoms in total. The van der Waals surface area contributed by atoms with Gasteiger partial charge in [-0.15, -0.1) is 0 Å². The molecule has 1 aromatic heterocycles. The van der Waals surface area contributed by atoms with E-state index in [2.05, 4.69) is 10.3 Å². The second kappa shape index (κ2) is 7.88. The van der Waals surface area contributed by atoms with Crippen LogP contribution in [0.2, 0.25) is 0 Å². The Bertz CT molecular complexity index is 721. The summed E-state index contributed by atoms with van der Waals surface area (Å²) in [6.07, 6.45) is 3.22. The Balaban J connectivity index is 1.53. The molecule has 6 heteroatoms. The lowest BCUT2D eigenvalue weighted by atomic mass is 10.0. The standard InChI is InChI=1S/C19H23N3O3/c1-22(11-9-15-7-3-4-10-20-15)19(23)21-16-12-14-6-5-8-17(24-2)18(14)25-13-16/h3-8,10,16H,9,11-13H2,1-2H3,(H,21,23). The Labute approximate surface area is 147 Å². The van der Waals surface area contributed by atoms with Crippen molar-refractivity contribution in [1.29, 1.82) is 0 Å². The summed E-state index contributed by atoms with van der Waals surface area (Å²) in [4.78, 5) is 18.3. The number of pyridine rings is 1. The number of carbonyl (C=O) groups is 1. The van der Waals surface area contributed by atoms with Crippen LogP contribution in [-0.4, -0.2) is 49.3 Å². The number of amides is 2. The number of aromatic nitrogens is 1. The van der Waals surface area contributed by atoms with Crippen molar-refractivity contribution in [2.75, 3.05) is 27.3 Å². The lowest BCUT2D eigenvalue weighted by Gasteiger charge is -2.29. The van der Waals surface area contributed by atoms with Gasteiger partial charge in [-0.25, -0.2) is 4.79 Å². The normalized spacial score (nSPS) is 15.7. The molecule has 1 aliphatic heterocycles. The first kappa shape index (κ1) is 17.1. The first-order valence-corrected chi connectivity index (χ1v) is 8.37. The molecule has 1 atom stereocenters. The minimum absolute atomic E-state index is 0.0515. The van der Waals surface area contributed by atoms with Crippen molar-refractivity contribution >= 4 is 6.03 Å². The molecule has 25 heavy (non-hydrogen) atoms. The first-order valence-electron chi connectivity index (χ1n) is 8.37. The van der Waals surface area contributed by atoms with E-state index in [1.54, 1.807) is 25.3 Å². The summed E-state index contributed by atoms with van der Waals surface area (Å²) in [5, 5.41) is 3.03. The summed E-state index contributed by atoms with van der Waals surface area (Å²) < 4.78 is 11.1. The fraction of sp³-hybridized carbons (Fsp3) is 0.368. The highest BCUT2D eigenvalue weighted by atomic mass is 16.5. The highest BCUT2D eigenvalue weighted by Gasteiger charge is 2.24. The SMILES string of the molecule is COc1cccc2c1OCC(NC(=O)N(C)CCc1ccccn1)C2. The number of likely N-dealkylation sites (N-methyl/N-ethyl adjacent to an activating group) is 1. The molecule has 1 N–H and O–H groups in total. The molecule has 0 saturated carbocycles. The van der Waals surface area contributed by atoms with E-state index < -0.39 is 0 Å². The third-order valence-electron chi connectivity index (χ3n) is 4.28. The number of nitrogens with one attached hydrogen (secondary N) is 1. The van der Waals surface area contributed by atoms with E-state index in [0.29, 0.717) is 13.2 Å². The van der Waals surface area contributed by atoms with Crippen molar-refractivity contribution < 1.29 is 14.3 Å². The van der Waals surface area contributed by atoms with E-state index in [1.165, 1.54) is 0 Å². The van der Waals surface area contributed by atoms with Gasteiger partial charge in [0.1, 0.15) is 6.61 Å². The van der Waals surface area contributed by atoms with Crippen LogP contribution in [0.25, 0.3) is 0 Å². The molecule has 0 aliphatic carbocycles. The number of rotatable bonds is 5. The zero-order valence-corrected chi connectivity index (χ0v) is 14.6. The van der Waals surface area contributed by atoms with Crippen LogP contribution < -0.4 is 14.8 Å². The number of hydrogen-bond donors (Lipinski definition) is 1. The molecule has 0 saturated heterocycles. The Morgan fingerprint density at radius 2 is 2.24 bits per heavy atom. The predicted molar refractivity (Wildman–Crippen MR) is 95.1 cm³/mol. The highest BCUT2D eigenvalue weighted by Crippen LogP contribution is 2.34. The fourth-order valence-corrected chi connectivity index (χ4v) is 2.86. The number of benzene rings is 1. The first-order chi connectivity index (χ1) is 12.2. The van der Waals surface area contributed by atoms with Crippen LogP contribution in [-0.2, 0) is 12.8 Å². The molecule has 3 rings (SSSR count). The molecular formula is C19H23N3O3. The summed E-state index contributed by atoms with van der Waals surface area (Å²) in [7, 11) is 3.42. The third-order valence-corrected chi connectivity index (χ3v) is 4.28. The van der Waals surface area contributed by atoms with E-state index in [1.807, 2.05) is 36.4 Å². The summed E-state index contributed by atoms with van der Waals surface area (Å²) in [6.45, 7) is 1.05. The van der Waals surface area contributed by atoms with Crippen molar-refractivity contribution in [3.63, 3.8) is 0 Å². The van der Waals surface area contributed by atoms with Gasteiger partial charge in [-0.2, -0.15) is 0 Å². The smallest absolute Gasteiger partial charge is 0.317 e. The summed E-state index contributed by atoms with van der Waals surface area (Å²) in [6, 6.07) is 11.5. The fourth-order valence-electron chi connectivity index (χ4n) is 2.86. The van der Waals surface area contributed by atoms with E-state index in [9.17, 15) is 4.79 Å². The Kier molecular flexibility index (Phi) is 5.38. The zero-order valence-electron chi connectivity index (χ0n) is 14.6. The molecule has 0 spiro atoms. The molecule has 2 heterocycles. The topological polar surface area (TPSA) is 63.7 Å². The maximum Gasteiger partial charge on any atom is 0.317 e. The number of carbonyl (C=O) groups excluding carboxylic acids is 1. The Morgan fingerprint density at radius 1 is 1.36 bits per heavy atom. The molecule has 1 aliphatic rings. The molecular weight excluding hydrogens is 318 g/mol.